The monoisotopic (exact) mass is 362 g/mol. The Morgan fingerprint density at radius 2 is 1.96 bits per heavy atom. The van der Waals surface area contributed by atoms with Crippen molar-refractivity contribution in [3.8, 4) is 11.5 Å². The van der Waals surface area contributed by atoms with Gasteiger partial charge in [0.1, 0.15) is 0 Å². The van der Waals surface area contributed by atoms with E-state index in [0.717, 1.165) is 55.5 Å². The van der Waals surface area contributed by atoms with Crippen molar-refractivity contribution in [2.45, 2.75) is 52.2 Å². The van der Waals surface area contributed by atoms with Crippen molar-refractivity contribution in [2.24, 2.45) is 4.99 Å². The predicted octanol–water partition coefficient (Wildman–Crippen LogP) is 2.63. The van der Waals surface area contributed by atoms with Crippen LogP contribution in [0.3, 0.4) is 0 Å². The van der Waals surface area contributed by atoms with Gasteiger partial charge in [-0.3, -0.25) is 0 Å². The number of likely N-dealkylation sites (tertiary alicyclic amines) is 1. The van der Waals surface area contributed by atoms with Crippen molar-refractivity contribution in [2.75, 3.05) is 33.9 Å². The first kappa shape index (κ1) is 20.4. The van der Waals surface area contributed by atoms with Crippen LogP contribution in [-0.4, -0.2) is 56.8 Å². The van der Waals surface area contributed by atoms with E-state index in [4.69, 9.17) is 14.5 Å². The topological polar surface area (TPSA) is 58.1 Å². The molecule has 0 aliphatic carbocycles. The molecule has 0 aromatic heterocycles. The summed E-state index contributed by atoms with van der Waals surface area (Å²) in [6.07, 6.45) is 2.29. The zero-order valence-corrected chi connectivity index (χ0v) is 16.8. The quantitative estimate of drug-likeness (QED) is 0.577. The van der Waals surface area contributed by atoms with E-state index in [0.29, 0.717) is 18.6 Å². The maximum Gasteiger partial charge on any atom is 0.191 e. The molecule has 2 N–H and O–H groups in total. The number of hydrogen-bond donors (Lipinski definition) is 2. The zero-order valence-electron chi connectivity index (χ0n) is 16.8. The van der Waals surface area contributed by atoms with Gasteiger partial charge >= 0.3 is 0 Å². The summed E-state index contributed by atoms with van der Waals surface area (Å²) in [4.78, 5) is 7.29. The first-order chi connectivity index (χ1) is 12.6. The Hall–Kier alpha value is -1.95. The summed E-state index contributed by atoms with van der Waals surface area (Å²) in [6, 6.07) is 6.98. The van der Waals surface area contributed by atoms with Crippen molar-refractivity contribution < 1.29 is 9.47 Å². The van der Waals surface area contributed by atoms with Gasteiger partial charge in [0.25, 0.3) is 0 Å². The minimum Gasteiger partial charge on any atom is -0.493 e. The Morgan fingerprint density at radius 1 is 1.23 bits per heavy atom. The molecule has 1 aromatic carbocycles. The van der Waals surface area contributed by atoms with Crippen LogP contribution in [0.5, 0.6) is 11.5 Å². The lowest BCUT2D eigenvalue weighted by Gasteiger charge is -2.35. The van der Waals surface area contributed by atoms with Crippen LogP contribution in [0.25, 0.3) is 0 Å². The minimum absolute atomic E-state index is 0.468. The van der Waals surface area contributed by atoms with E-state index in [1.807, 2.05) is 18.2 Å². The molecular weight excluding hydrogens is 328 g/mol. The van der Waals surface area contributed by atoms with Gasteiger partial charge in [0, 0.05) is 37.3 Å². The van der Waals surface area contributed by atoms with E-state index in [-0.39, 0.29) is 0 Å². The fourth-order valence-corrected chi connectivity index (χ4v) is 3.32. The number of hydrogen-bond acceptors (Lipinski definition) is 4. The van der Waals surface area contributed by atoms with Crippen molar-refractivity contribution >= 4 is 5.96 Å². The van der Waals surface area contributed by atoms with Crippen molar-refractivity contribution in [3.05, 3.63) is 23.8 Å². The number of ether oxygens (including phenoxy) is 2. The fraction of sp³-hybridized carbons (Fsp3) is 0.650. The summed E-state index contributed by atoms with van der Waals surface area (Å²) in [5.74, 6) is 2.35. The summed E-state index contributed by atoms with van der Waals surface area (Å²) in [5.41, 5.74) is 1.01. The number of methoxy groups -OCH3 is 2. The Balaban J connectivity index is 2.01. The van der Waals surface area contributed by atoms with Gasteiger partial charge in [0.05, 0.1) is 20.8 Å². The van der Waals surface area contributed by atoms with Crippen molar-refractivity contribution in [1.82, 2.24) is 15.5 Å². The van der Waals surface area contributed by atoms with Gasteiger partial charge in [-0.05, 0) is 39.7 Å². The lowest BCUT2D eigenvalue weighted by molar-refractivity contribution is 0.167. The van der Waals surface area contributed by atoms with E-state index < -0.39 is 0 Å². The molecule has 1 fully saturated rings. The van der Waals surface area contributed by atoms with Crippen LogP contribution < -0.4 is 20.1 Å². The first-order valence-corrected chi connectivity index (χ1v) is 9.57. The summed E-state index contributed by atoms with van der Waals surface area (Å²) in [5, 5.41) is 6.95. The second-order valence-corrected chi connectivity index (χ2v) is 6.90. The van der Waals surface area contributed by atoms with Gasteiger partial charge in [-0.25, -0.2) is 4.99 Å². The van der Waals surface area contributed by atoms with Gasteiger partial charge in [-0.15, -0.1) is 0 Å². The SMILES string of the molecule is CCNC(=NCc1cccc(OC)c1OC)NC1CCN(C(C)C)CC1. The van der Waals surface area contributed by atoms with Crippen LogP contribution in [0.1, 0.15) is 39.2 Å². The van der Waals surface area contributed by atoms with E-state index in [1.165, 1.54) is 0 Å². The molecule has 6 heteroatoms. The number of aliphatic imine (C=N–C) groups is 1. The molecule has 0 amide bonds. The van der Waals surface area contributed by atoms with E-state index >= 15 is 0 Å². The molecule has 0 spiro atoms. The molecule has 1 saturated heterocycles. The molecule has 0 bridgehead atoms. The molecule has 1 aliphatic heterocycles. The predicted molar refractivity (Wildman–Crippen MR) is 107 cm³/mol. The molecular formula is C20H34N4O2. The second-order valence-electron chi connectivity index (χ2n) is 6.90. The van der Waals surface area contributed by atoms with Crippen LogP contribution in [0.4, 0.5) is 0 Å². The number of nitrogens with one attached hydrogen (secondary N) is 2. The second kappa shape index (κ2) is 10.3. The van der Waals surface area contributed by atoms with Crippen LogP contribution in [0.15, 0.2) is 23.2 Å². The molecule has 0 unspecified atom stereocenters. The molecule has 6 nitrogen and oxygen atoms in total. The number of benzene rings is 1. The van der Waals surface area contributed by atoms with E-state index in [2.05, 4.69) is 36.3 Å². The van der Waals surface area contributed by atoms with Crippen LogP contribution in [-0.2, 0) is 6.54 Å². The minimum atomic E-state index is 0.468. The Kier molecular flexibility index (Phi) is 8.04. The molecule has 0 radical (unpaired) electrons. The number of piperidine rings is 1. The summed E-state index contributed by atoms with van der Waals surface area (Å²) in [7, 11) is 3.32. The highest BCUT2D eigenvalue weighted by molar-refractivity contribution is 5.80. The van der Waals surface area contributed by atoms with E-state index in [1.54, 1.807) is 14.2 Å². The lowest BCUT2D eigenvalue weighted by Crippen LogP contribution is -2.49. The standard InChI is InChI=1S/C20H34N4O2/c1-6-21-20(23-17-10-12-24(13-11-17)15(2)3)22-14-16-8-7-9-18(25-4)19(16)26-5/h7-9,15,17H,6,10-14H2,1-5H3,(H2,21,22,23). The molecule has 1 heterocycles. The molecule has 0 atom stereocenters. The maximum atomic E-state index is 5.50. The Morgan fingerprint density at radius 3 is 2.54 bits per heavy atom. The molecule has 1 aromatic rings. The maximum absolute atomic E-state index is 5.50. The Bertz CT molecular complexity index is 581. The molecule has 0 saturated carbocycles. The normalized spacial score (nSPS) is 16.6. The van der Waals surface area contributed by atoms with Gasteiger partial charge in [0.15, 0.2) is 17.5 Å². The molecule has 1 aliphatic rings. The van der Waals surface area contributed by atoms with Gasteiger partial charge in [-0.2, -0.15) is 0 Å². The number of rotatable bonds is 7. The average molecular weight is 363 g/mol. The third kappa shape index (κ3) is 5.53. The van der Waals surface area contributed by atoms with Gasteiger partial charge in [-0.1, -0.05) is 12.1 Å². The highest BCUT2D eigenvalue weighted by Gasteiger charge is 2.21. The Labute approximate surface area is 158 Å². The highest BCUT2D eigenvalue weighted by Crippen LogP contribution is 2.31. The average Bonchev–Trinajstić information content (AvgIpc) is 2.66. The summed E-state index contributed by atoms with van der Waals surface area (Å²) >= 11 is 0. The van der Waals surface area contributed by atoms with Crippen LogP contribution in [0.2, 0.25) is 0 Å². The summed E-state index contributed by atoms with van der Waals surface area (Å²) in [6.45, 7) is 10.3. The number of guanidine groups is 1. The highest BCUT2D eigenvalue weighted by atomic mass is 16.5. The molecule has 146 valence electrons. The van der Waals surface area contributed by atoms with Crippen molar-refractivity contribution in [1.29, 1.82) is 0 Å². The first-order valence-electron chi connectivity index (χ1n) is 9.57. The van der Waals surface area contributed by atoms with E-state index in [9.17, 15) is 0 Å². The fourth-order valence-electron chi connectivity index (χ4n) is 3.32. The van der Waals surface area contributed by atoms with Crippen LogP contribution >= 0.6 is 0 Å². The van der Waals surface area contributed by atoms with Gasteiger partial charge in [0.2, 0.25) is 0 Å². The van der Waals surface area contributed by atoms with Gasteiger partial charge < -0.3 is 25.0 Å². The van der Waals surface area contributed by atoms with Crippen molar-refractivity contribution in [3.63, 3.8) is 0 Å². The summed E-state index contributed by atoms with van der Waals surface area (Å²) < 4.78 is 10.9. The third-order valence-corrected chi connectivity index (χ3v) is 4.84. The lowest BCUT2D eigenvalue weighted by atomic mass is 10.0. The smallest absolute Gasteiger partial charge is 0.191 e. The number of para-hydroxylation sites is 1. The largest absolute Gasteiger partial charge is 0.493 e. The zero-order chi connectivity index (χ0) is 18.9. The number of nitrogens with zero attached hydrogens (tertiary/aromatic N) is 2. The van der Waals surface area contributed by atoms with Crippen LogP contribution in [0, 0.1) is 0 Å². The molecule has 2 rings (SSSR count). The third-order valence-electron chi connectivity index (χ3n) is 4.84. The molecule has 26 heavy (non-hydrogen) atoms.